The molecule has 2 fully saturated rings. The van der Waals surface area contributed by atoms with Gasteiger partial charge in [0.2, 0.25) is 0 Å². The van der Waals surface area contributed by atoms with Crippen molar-refractivity contribution in [3.8, 4) is 0 Å². The van der Waals surface area contributed by atoms with Gasteiger partial charge in [0.25, 0.3) is 0 Å². The Labute approximate surface area is 145 Å². The van der Waals surface area contributed by atoms with Crippen LogP contribution in [0.4, 0.5) is 0 Å². The maximum atomic E-state index is 6.19. The van der Waals surface area contributed by atoms with Crippen molar-refractivity contribution in [1.82, 2.24) is 0 Å². The minimum absolute atomic E-state index is 0.0659. The molecular formula is C20H29NOS. The minimum Gasteiger partial charge on any atom is -0.393 e. The molecule has 5 unspecified atom stereocenters. The van der Waals surface area contributed by atoms with Crippen molar-refractivity contribution in [2.45, 2.75) is 58.0 Å². The highest BCUT2D eigenvalue weighted by Crippen LogP contribution is 2.58. The van der Waals surface area contributed by atoms with Crippen molar-refractivity contribution >= 4 is 17.2 Å². The van der Waals surface area contributed by atoms with E-state index in [-0.39, 0.29) is 10.8 Å². The van der Waals surface area contributed by atoms with Crippen LogP contribution in [0.5, 0.6) is 0 Å². The van der Waals surface area contributed by atoms with E-state index in [0.29, 0.717) is 22.9 Å². The molecule has 0 amide bonds. The minimum atomic E-state index is -0.0659. The topological polar surface area (TPSA) is 35.2 Å². The van der Waals surface area contributed by atoms with Gasteiger partial charge in [-0.1, -0.05) is 56.4 Å². The summed E-state index contributed by atoms with van der Waals surface area (Å²) in [6.07, 6.45) is 4.83. The number of hydrogen-bond acceptors (Lipinski definition) is 2. The molecule has 2 aliphatic rings. The van der Waals surface area contributed by atoms with E-state index in [1.807, 2.05) is 0 Å². The first kappa shape index (κ1) is 16.9. The van der Waals surface area contributed by atoms with E-state index in [4.69, 9.17) is 22.7 Å². The maximum Gasteiger partial charge on any atom is 0.0787 e. The molecule has 2 aliphatic carbocycles. The zero-order valence-electron chi connectivity index (χ0n) is 14.5. The van der Waals surface area contributed by atoms with Crippen molar-refractivity contribution in [1.29, 1.82) is 0 Å². The Morgan fingerprint density at radius 2 is 1.96 bits per heavy atom. The summed E-state index contributed by atoms with van der Waals surface area (Å²) in [6.45, 7) is 7.50. The number of fused-ring (bicyclic) bond motifs is 2. The Hall–Kier alpha value is -0.930. The van der Waals surface area contributed by atoms with Crippen LogP contribution in [0.25, 0.3) is 0 Å². The Morgan fingerprint density at radius 3 is 2.57 bits per heavy atom. The molecule has 2 bridgehead atoms. The van der Waals surface area contributed by atoms with Crippen LogP contribution in [-0.4, -0.2) is 17.7 Å². The monoisotopic (exact) mass is 331 g/mol. The summed E-state index contributed by atoms with van der Waals surface area (Å²) < 4.78 is 6.15. The normalized spacial score (nSPS) is 39.9. The van der Waals surface area contributed by atoms with Crippen molar-refractivity contribution < 1.29 is 4.74 Å². The van der Waals surface area contributed by atoms with Crippen LogP contribution < -0.4 is 5.73 Å². The largest absolute Gasteiger partial charge is 0.393 e. The first-order chi connectivity index (χ1) is 10.9. The van der Waals surface area contributed by atoms with Gasteiger partial charge in [0, 0.05) is 12.0 Å². The maximum absolute atomic E-state index is 6.19. The first-order valence-electron chi connectivity index (χ1n) is 8.87. The summed E-state index contributed by atoms with van der Waals surface area (Å²) in [5, 5.41) is 0. The van der Waals surface area contributed by atoms with Gasteiger partial charge < -0.3 is 10.5 Å². The lowest BCUT2D eigenvalue weighted by molar-refractivity contribution is -0.0924. The zero-order valence-corrected chi connectivity index (χ0v) is 15.4. The smallest absolute Gasteiger partial charge is 0.0787 e. The van der Waals surface area contributed by atoms with Gasteiger partial charge in [0.05, 0.1) is 11.1 Å². The highest BCUT2D eigenvalue weighted by atomic mass is 32.1. The lowest BCUT2D eigenvalue weighted by Gasteiger charge is -2.57. The molecule has 0 heterocycles. The van der Waals surface area contributed by atoms with E-state index < -0.39 is 0 Å². The highest BCUT2D eigenvalue weighted by Gasteiger charge is 2.54. The van der Waals surface area contributed by atoms with E-state index in [0.717, 1.165) is 25.9 Å². The fourth-order valence-corrected chi connectivity index (χ4v) is 5.59. The number of benzene rings is 1. The summed E-state index contributed by atoms with van der Waals surface area (Å²) in [7, 11) is 0. The van der Waals surface area contributed by atoms with E-state index in [9.17, 15) is 0 Å². The number of hydrogen-bond donors (Lipinski definition) is 1. The predicted molar refractivity (Wildman–Crippen MR) is 99.5 cm³/mol. The van der Waals surface area contributed by atoms with E-state index in [1.165, 1.54) is 12.0 Å². The van der Waals surface area contributed by atoms with E-state index >= 15 is 0 Å². The van der Waals surface area contributed by atoms with E-state index in [2.05, 4.69) is 51.1 Å². The number of nitrogens with two attached hydrogens (primary N) is 1. The van der Waals surface area contributed by atoms with Gasteiger partial charge in [-0.05, 0) is 55.4 Å². The molecule has 3 heteroatoms. The molecule has 0 spiro atoms. The summed E-state index contributed by atoms with van der Waals surface area (Å²) in [5.41, 5.74) is 7.76. The molecule has 2 nitrogen and oxygen atoms in total. The predicted octanol–water partition coefficient (Wildman–Crippen LogP) is 4.46. The van der Waals surface area contributed by atoms with Gasteiger partial charge in [-0.25, -0.2) is 0 Å². The Morgan fingerprint density at radius 1 is 1.26 bits per heavy atom. The molecule has 1 aromatic carbocycles. The lowest BCUT2D eigenvalue weighted by atomic mass is 9.49. The second-order valence-electron chi connectivity index (χ2n) is 8.02. The number of thiocarbonyl (C=S) groups is 1. The number of rotatable bonds is 4. The molecule has 0 aromatic heterocycles. The molecule has 5 atom stereocenters. The molecule has 0 aliphatic heterocycles. The molecule has 2 saturated carbocycles. The van der Waals surface area contributed by atoms with Crippen LogP contribution in [-0.2, 0) is 10.2 Å². The third-order valence-electron chi connectivity index (χ3n) is 6.17. The molecule has 3 rings (SSSR count). The molecule has 0 radical (unpaired) electrons. The van der Waals surface area contributed by atoms with Crippen LogP contribution in [0.15, 0.2) is 30.3 Å². The van der Waals surface area contributed by atoms with Crippen molar-refractivity contribution in [3.63, 3.8) is 0 Å². The molecule has 0 saturated heterocycles. The third kappa shape index (κ3) is 2.94. The molecule has 126 valence electrons. The standard InChI is InChI=1S/C20H29NOS/c1-4-22-17-14(2)10-20(16-8-6-5-7-9-16)12-15(17)11-19(3,13-20)18(21)23/h5-9,14-15,17H,4,10-13H2,1-3H3,(H2,21,23). The van der Waals surface area contributed by atoms with Crippen LogP contribution in [0.2, 0.25) is 0 Å². The summed E-state index contributed by atoms with van der Waals surface area (Å²) >= 11 is 5.48. The first-order valence-corrected chi connectivity index (χ1v) is 9.28. The SMILES string of the molecule is CCOC1C(C)CC2(c3ccccc3)CC1CC(C)(C(N)=S)C2. The van der Waals surface area contributed by atoms with Gasteiger partial charge in [-0.2, -0.15) is 0 Å². The second-order valence-corrected chi connectivity index (χ2v) is 8.46. The van der Waals surface area contributed by atoms with Gasteiger partial charge in [0.15, 0.2) is 0 Å². The number of ether oxygens (including phenoxy) is 1. The highest BCUT2D eigenvalue weighted by molar-refractivity contribution is 7.80. The molecule has 2 N–H and O–H groups in total. The van der Waals surface area contributed by atoms with Gasteiger partial charge in [0.1, 0.15) is 0 Å². The molecular weight excluding hydrogens is 302 g/mol. The van der Waals surface area contributed by atoms with Crippen molar-refractivity contribution in [3.05, 3.63) is 35.9 Å². The van der Waals surface area contributed by atoms with Gasteiger partial charge in [-0.15, -0.1) is 0 Å². The third-order valence-corrected chi connectivity index (χ3v) is 6.67. The van der Waals surface area contributed by atoms with Crippen LogP contribution >= 0.6 is 12.2 Å². The molecule has 23 heavy (non-hydrogen) atoms. The fourth-order valence-electron chi connectivity index (χ4n) is 5.44. The zero-order chi connectivity index (χ0) is 16.7. The van der Waals surface area contributed by atoms with Crippen molar-refractivity contribution in [2.24, 2.45) is 23.0 Å². The lowest BCUT2D eigenvalue weighted by Crippen LogP contribution is -2.55. The Kier molecular flexibility index (Phi) is 4.54. The Balaban J connectivity index is 2.03. The fraction of sp³-hybridized carbons (Fsp3) is 0.650. The average Bonchev–Trinajstić information content (AvgIpc) is 2.51. The molecule has 1 aromatic rings. The summed E-state index contributed by atoms with van der Waals surface area (Å²) in [5.74, 6) is 1.11. The summed E-state index contributed by atoms with van der Waals surface area (Å²) in [6, 6.07) is 11.0. The van der Waals surface area contributed by atoms with Gasteiger partial charge >= 0.3 is 0 Å². The van der Waals surface area contributed by atoms with Crippen LogP contribution in [0, 0.1) is 17.3 Å². The summed E-state index contributed by atoms with van der Waals surface area (Å²) in [4.78, 5) is 0.673. The quantitative estimate of drug-likeness (QED) is 0.827. The van der Waals surface area contributed by atoms with Crippen molar-refractivity contribution in [2.75, 3.05) is 6.61 Å². The van der Waals surface area contributed by atoms with Crippen LogP contribution in [0.1, 0.15) is 52.0 Å². The second kappa shape index (κ2) is 6.18. The van der Waals surface area contributed by atoms with Gasteiger partial charge in [-0.3, -0.25) is 0 Å². The average molecular weight is 332 g/mol. The Bertz CT molecular complexity index is 570. The van der Waals surface area contributed by atoms with Crippen LogP contribution in [0.3, 0.4) is 0 Å². The van der Waals surface area contributed by atoms with E-state index in [1.54, 1.807) is 0 Å².